The van der Waals surface area contributed by atoms with E-state index < -0.39 is 0 Å². The molecule has 0 aromatic carbocycles. The van der Waals surface area contributed by atoms with Gasteiger partial charge >= 0.3 is 5.97 Å². The van der Waals surface area contributed by atoms with E-state index in [4.69, 9.17) is 4.74 Å². The van der Waals surface area contributed by atoms with Crippen molar-refractivity contribution in [3.05, 3.63) is 0 Å². The molecule has 2 bridgehead atoms. The molecule has 3 heteroatoms. The van der Waals surface area contributed by atoms with Crippen LogP contribution in [-0.4, -0.2) is 36.1 Å². The van der Waals surface area contributed by atoms with Crippen LogP contribution in [0, 0.1) is 11.8 Å². The van der Waals surface area contributed by atoms with Crippen LogP contribution in [0.25, 0.3) is 0 Å². The van der Waals surface area contributed by atoms with Crippen molar-refractivity contribution in [3.63, 3.8) is 0 Å². The third-order valence-corrected chi connectivity index (χ3v) is 5.80. The van der Waals surface area contributed by atoms with Gasteiger partial charge < -0.3 is 4.74 Å². The lowest BCUT2D eigenvalue weighted by Gasteiger charge is -2.35. The molecule has 1 saturated heterocycles. The molecular weight excluding hydrogens is 250 g/mol. The van der Waals surface area contributed by atoms with Crippen LogP contribution in [0.2, 0.25) is 0 Å². The van der Waals surface area contributed by atoms with Gasteiger partial charge in [-0.1, -0.05) is 19.3 Å². The molecule has 0 aromatic heterocycles. The van der Waals surface area contributed by atoms with Gasteiger partial charge in [0.15, 0.2) is 0 Å². The Labute approximate surface area is 123 Å². The number of hydrogen-bond donors (Lipinski definition) is 0. The molecular formula is C17H29NO2. The third-order valence-electron chi connectivity index (χ3n) is 5.80. The lowest BCUT2D eigenvalue weighted by atomic mass is 9.78. The lowest BCUT2D eigenvalue weighted by Crippen LogP contribution is -2.39. The van der Waals surface area contributed by atoms with E-state index in [1.807, 2.05) is 6.92 Å². The minimum Gasteiger partial charge on any atom is -0.466 e. The molecule has 20 heavy (non-hydrogen) atoms. The first-order valence-electron chi connectivity index (χ1n) is 8.69. The number of fused-ring (bicyclic) bond motifs is 2. The molecule has 2 saturated carbocycles. The van der Waals surface area contributed by atoms with Crippen molar-refractivity contribution in [2.45, 2.75) is 76.8 Å². The zero-order chi connectivity index (χ0) is 13.9. The van der Waals surface area contributed by atoms with Crippen molar-refractivity contribution >= 4 is 5.97 Å². The molecule has 0 radical (unpaired) electrons. The monoisotopic (exact) mass is 279 g/mol. The highest BCUT2D eigenvalue weighted by Gasteiger charge is 2.43. The first kappa shape index (κ1) is 14.4. The predicted molar refractivity (Wildman–Crippen MR) is 79.4 cm³/mol. The second-order valence-corrected chi connectivity index (χ2v) is 6.98. The summed E-state index contributed by atoms with van der Waals surface area (Å²) in [4.78, 5) is 14.5. The molecule has 1 aliphatic heterocycles. The summed E-state index contributed by atoms with van der Waals surface area (Å²) < 4.78 is 5.14. The predicted octanol–water partition coefficient (Wildman–Crippen LogP) is 3.37. The minimum absolute atomic E-state index is 0.0204. The van der Waals surface area contributed by atoms with Gasteiger partial charge in [0.05, 0.1) is 6.61 Å². The van der Waals surface area contributed by atoms with E-state index >= 15 is 0 Å². The fourth-order valence-corrected chi connectivity index (χ4v) is 4.81. The molecule has 114 valence electrons. The second kappa shape index (κ2) is 6.46. The first-order valence-corrected chi connectivity index (χ1v) is 8.69. The molecule has 3 nitrogen and oxygen atoms in total. The van der Waals surface area contributed by atoms with Gasteiger partial charge in [-0.2, -0.15) is 0 Å². The average molecular weight is 279 g/mol. The summed E-state index contributed by atoms with van der Waals surface area (Å²) in [5.74, 6) is 1.35. The van der Waals surface area contributed by atoms with Gasteiger partial charge in [0.1, 0.15) is 0 Å². The van der Waals surface area contributed by atoms with E-state index in [0.29, 0.717) is 18.9 Å². The fraction of sp³-hybridized carbons (Fsp3) is 0.941. The quantitative estimate of drug-likeness (QED) is 0.739. The summed E-state index contributed by atoms with van der Waals surface area (Å²) in [6.45, 7) is 3.67. The highest BCUT2D eigenvalue weighted by atomic mass is 16.5. The molecule has 2 aliphatic carbocycles. The smallest absolute Gasteiger partial charge is 0.306 e. The Balaban J connectivity index is 1.56. The minimum atomic E-state index is 0.0204. The molecule has 3 aliphatic rings. The normalized spacial score (nSPS) is 35.1. The number of likely N-dealkylation sites (tertiary alicyclic amines) is 1. The molecule has 0 aromatic rings. The average Bonchev–Trinajstić information content (AvgIpc) is 2.82. The van der Waals surface area contributed by atoms with Gasteiger partial charge in [-0.25, -0.2) is 0 Å². The number of carbonyl (C=O) groups is 1. The highest BCUT2D eigenvalue weighted by molar-refractivity contribution is 5.69. The molecule has 0 spiro atoms. The van der Waals surface area contributed by atoms with E-state index in [-0.39, 0.29) is 5.97 Å². The van der Waals surface area contributed by atoms with Crippen molar-refractivity contribution < 1.29 is 9.53 Å². The van der Waals surface area contributed by atoms with E-state index in [1.165, 1.54) is 57.9 Å². The van der Waals surface area contributed by atoms with Crippen LogP contribution in [0.1, 0.15) is 64.7 Å². The van der Waals surface area contributed by atoms with Crippen LogP contribution in [0.4, 0.5) is 0 Å². The second-order valence-electron chi connectivity index (χ2n) is 6.98. The van der Waals surface area contributed by atoms with Gasteiger partial charge in [-0.3, -0.25) is 9.69 Å². The Hall–Kier alpha value is -0.570. The van der Waals surface area contributed by atoms with E-state index in [1.54, 1.807) is 0 Å². The summed E-state index contributed by atoms with van der Waals surface area (Å²) in [7, 11) is 0. The summed E-state index contributed by atoms with van der Waals surface area (Å²) in [6, 6.07) is 1.67. The van der Waals surface area contributed by atoms with E-state index in [0.717, 1.165) is 18.0 Å². The van der Waals surface area contributed by atoms with E-state index in [9.17, 15) is 4.79 Å². The number of carbonyl (C=O) groups excluding carboxylic acids is 1. The van der Waals surface area contributed by atoms with Gasteiger partial charge in [0, 0.05) is 25.0 Å². The number of esters is 1. The van der Waals surface area contributed by atoms with Gasteiger partial charge in [0.2, 0.25) is 0 Å². The fourth-order valence-electron chi connectivity index (χ4n) is 4.81. The molecule has 3 unspecified atom stereocenters. The highest BCUT2D eigenvalue weighted by Crippen LogP contribution is 2.43. The number of ether oxygens (including phenoxy) is 1. The van der Waals surface area contributed by atoms with Crippen molar-refractivity contribution in [2.75, 3.05) is 13.2 Å². The maximum absolute atomic E-state index is 11.7. The maximum atomic E-state index is 11.7. The first-order chi connectivity index (χ1) is 9.78. The van der Waals surface area contributed by atoms with Crippen molar-refractivity contribution in [3.8, 4) is 0 Å². The number of hydrogen-bond acceptors (Lipinski definition) is 3. The zero-order valence-electron chi connectivity index (χ0n) is 12.9. The molecule has 3 atom stereocenters. The zero-order valence-corrected chi connectivity index (χ0v) is 12.9. The number of rotatable bonds is 4. The largest absolute Gasteiger partial charge is 0.466 e. The molecule has 1 heterocycles. The van der Waals surface area contributed by atoms with Crippen LogP contribution in [0.15, 0.2) is 0 Å². The van der Waals surface area contributed by atoms with Crippen LogP contribution >= 0.6 is 0 Å². The maximum Gasteiger partial charge on any atom is 0.306 e. The van der Waals surface area contributed by atoms with Gasteiger partial charge in [0.25, 0.3) is 0 Å². The van der Waals surface area contributed by atoms with Crippen molar-refractivity contribution in [2.24, 2.45) is 11.8 Å². The molecule has 0 amide bonds. The van der Waals surface area contributed by atoms with E-state index in [2.05, 4.69) is 4.90 Å². The Bertz CT molecular complexity index is 338. The van der Waals surface area contributed by atoms with Gasteiger partial charge in [-0.15, -0.1) is 0 Å². The van der Waals surface area contributed by atoms with Crippen molar-refractivity contribution in [1.29, 1.82) is 0 Å². The van der Waals surface area contributed by atoms with Crippen LogP contribution in [-0.2, 0) is 9.53 Å². The molecule has 3 fully saturated rings. The Morgan fingerprint density at radius 3 is 2.65 bits per heavy atom. The molecule has 3 rings (SSSR count). The lowest BCUT2D eigenvalue weighted by molar-refractivity contribution is -0.144. The van der Waals surface area contributed by atoms with Gasteiger partial charge in [-0.05, 0) is 50.9 Å². The van der Waals surface area contributed by atoms with Crippen molar-refractivity contribution in [1.82, 2.24) is 4.90 Å². The number of nitrogens with zero attached hydrogens (tertiary/aromatic N) is 1. The third kappa shape index (κ3) is 3.03. The van der Waals surface area contributed by atoms with Crippen LogP contribution in [0.5, 0.6) is 0 Å². The Kier molecular flexibility index (Phi) is 4.65. The van der Waals surface area contributed by atoms with Crippen LogP contribution < -0.4 is 0 Å². The summed E-state index contributed by atoms with van der Waals surface area (Å²) in [5, 5.41) is 0. The van der Waals surface area contributed by atoms with Crippen LogP contribution in [0.3, 0.4) is 0 Å². The summed E-state index contributed by atoms with van der Waals surface area (Å²) in [5.41, 5.74) is 0. The Morgan fingerprint density at radius 2 is 1.90 bits per heavy atom. The SMILES string of the molecule is CCOC(=O)CC1CCC2CC1CN2C1CCCCC1. The standard InChI is InChI=1S/C17H29NO2/c1-2-20-17(19)11-13-8-9-16-10-14(13)12-18(16)15-6-4-3-5-7-15/h13-16H,2-12H2,1H3. The topological polar surface area (TPSA) is 29.5 Å². The summed E-state index contributed by atoms with van der Waals surface area (Å²) in [6.07, 6.45) is 11.6. The summed E-state index contributed by atoms with van der Waals surface area (Å²) >= 11 is 0. The Morgan fingerprint density at radius 1 is 1.10 bits per heavy atom. The molecule has 0 N–H and O–H groups in total.